The van der Waals surface area contributed by atoms with Crippen LogP contribution in [0, 0.1) is 0 Å². The number of para-hydroxylation sites is 1. The Morgan fingerprint density at radius 1 is 1.35 bits per heavy atom. The minimum atomic E-state index is -0.783. The van der Waals surface area contributed by atoms with E-state index < -0.39 is 5.54 Å². The van der Waals surface area contributed by atoms with Crippen LogP contribution in [0.2, 0.25) is 0 Å². The van der Waals surface area contributed by atoms with Gasteiger partial charge in [-0.25, -0.2) is 4.79 Å². The summed E-state index contributed by atoms with van der Waals surface area (Å²) in [6.07, 6.45) is 1.14. The number of carbonyl (C=O) groups is 2. The third-order valence-corrected chi connectivity index (χ3v) is 3.92. The van der Waals surface area contributed by atoms with Crippen LogP contribution < -0.4 is 16.4 Å². The Hall–Kier alpha value is -2.57. The number of amides is 3. The summed E-state index contributed by atoms with van der Waals surface area (Å²) < 4.78 is 0. The maximum Gasteiger partial charge on any atom is 0.325 e. The van der Waals surface area contributed by atoms with Crippen LogP contribution >= 0.6 is 0 Å². The minimum absolute atomic E-state index is 0.177. The molecule has 0 spiro atoms. The van der Waals surface area contributed by atoms with Gasteiger partial charge in [0.1, 0.15) is 5.54 Å². The van der Waals surface area contributed by atoms with Crippen LogP contribution in [0.1, 0.15) is 26.7 Å². The lowest BCUT2D eigenvalue weighted by Gasteiger charge is -2.19. The van der Waals surface area contributed by atoms with E-state index in [4.69, 9.17) is 5.73 Å². The maximum absolute atomic E-state index is 12.2. The summed E-state index contributed by atoms with van der Waals surface area (Å²) in [4.78, 5) is 29.5. The largest absolute Gasteiger partial charge is 0.370 e. The molecule has 1 atom stereocenters. The Morgan fingerprint density at radius 2 is 2.04 bits per heavy atom. The highest BCUT2D eigenvalue weighted by molar-refractivity contribution is 6.06. The van der Waals surface area contributed by atoms with Crippen molar-refractivity contribution in [2.24, 2.45) is 10.7 Å². The average Bonchev–Trinajstić information content (AvgIpc) is 2.75. The summed E-state index contributed by atoms with van der Waals surface area (Å²) in [7, 11) is 0. The number of rotatable bonds is 6. The molecule has 3 amide bonds. The number of nitrogens with two attached hydrogens (primary N) is 1. The number of guanidine groups is 1. The second-order valence-corrected chi connectivity index (χ2v) is 5.68. The van der Waals surface area contributed by atoms with Crippen LogP contribution in [0.5, 0.6) is 0 Å². The second kappa shape index (κ2) is 7.13. The van der Waals surface area contributed by atoms with Crippen molar-refractivity contribution < 1.29 is 9.59 Å². The first-order chi connectivity index (χ1) is 11.0. The van der Waals surface area contributed by atoms with E-state index >= 15 is 0 Å². The first kappa shape index (κ1) is 16.8. The molecule has 1 unspecified atom stereocenters. The molecule has 1 aliphatic rings. The van der Waals surface area contributed by atoms with Gasteiger partial charge in [0, 0.05) is 18.8 Å². The molecule has 1 heterocycles. The van der Waals surface area contributed by atoms with Gasteiger partial charge < -0.3 is 16.4 Å². The number of urea groups is 1. The van der Waals surface area contributed by atoms with Gasteiger partial charge in [-0.2, -0.15) is 0 Å². The van der Waals surface area contributed by atoms with E-state index in [-0.39, 0.29) is 11.9 Å². The summed E-state index contributed by atoms with van der Waals surface area (Å²) in [5, 5.41) is 5.70. The molecular weight excluding hydrogens is 294 g/mol. The summed E-state index contributed by atoms with van der Waals surface area (Å²) in [6.45, 7) is 4.39. The minimum Gasteiger partial charge on any atom is -0.370 e. The van der Waals surface area contributed by atoms with Crippen molar-refractivity contribution in [2.45, 2.75) is 32.2 Å². The SMILES string of the molecule is CCC1(C)NC(=O)N(CCCN=C(N)Nc2ccccc2)C1=O. The van der Waals surface area contributed by atoms with E-state index in [1.165, 1.54) is 4.90 Å². The van der Waals surface area contributed by atoms with Crippen molar-refractivity contribution in [3.05, 3.63) is 30.3 Å². The highest BCUT2D eigenvalue weighted by Crippen LogP contribution is 2.20. The Morgan fingerprint density at radius 3 is 2.65 bits per heavy atom. The monoisotopic (exact) mass is 317 g/mol. The predicted molar refractivity (Wildman–Crippen MR) is 90.1 cm³/mol. The van der Waals surface area contributed by atoms with Crippen molar-refractivity contribution in [3.8, 4) is 0 Å². The molecule has 7 heteroatoms. The third kappa shape index (κ3) is 4.00. The molecule has 7 nitrogen and oxygen atoms in total. The van der Waals surface area contributed by atoms with Crippen LogP contribution in [-0.2, 0) is 4.79 Å². The van der Waals surface area contributed by atoms with Gasteiger partial charge in [-0.3, -0.25) is 14.7 Å². The van der Waals surface area contributed by atoms with Gasteiger partial charge in [0.15, 0.2) is 5.96 Å². The topological polar surface area (TPSA) is 99.8 Å². The van der Waals surface area contributed by atoms with E-state index in [0.717, 1.165) is 5.69 Å². The fourth-order valence-electron chi connectivity index (χ4n) is 2.33. The molecule has 124 valence electrons. The fourth-order valence-corrected chi connectivity index (χ4v) is 2.33. The Kier molecular flexibility index (Phi) is 5.20. The average molecular weight is 317 g/mol. The zero-order valence-electron chi connectivity index (χ0n) is 13.5. The molecule has 1 saturated heterocycles. The molecular formula is C16H23N5O2. The molecule has 1 aromatic carbocycles. The molecule has 4 N–H and O–H groups in total. The molecule has 1 aliphatic heterocycles. The zero-order valence-corrected chi connectivity index (χ0v) is 13.5. The zero-order chi connectivity index (χ0) is 16.9. The predicted octanol–water partition coefficient (Wildman–Crippen LogP) is 1.52. The molecule has 23 heavy (non-hydrogen) atoms. The van der Waals surface area contributed by atoms with Crippen LogP contribution in [0.4, 0.5) is 10.5 Å². The highest BCUT2D eigenvalue weighted by atomic mass is 16.2. The van der Waals surface area contributed by atoms with Crippen molar-refractivity contribution in [1.82, 2.24) is 10.2 Å². The molecule has 0 aliphatic carbocycles. The number of anilines is 1. The Labute approximate surface area is 135 Å². The number of nitrogens with one attached hydrogen (secondary N) is 2. The van der Waals surface area contributed by atoms with E-state index in [0.29, 0.717) is 31.9 Å². The van der Waals surface area contributed by atoms with Gasteiger partial charge in [-0.05, 0) is 31.9 Å². The first-order valence-corrected chi connectivity index (χ1v) is 7.72. The molecule has 1 fully saturated rings. The number of benzene rings is 1. The van der Waals surface area contributed by atoms with Crippen LogP contribution in [-0.4, -0.2) is 41.4 Å². The molecule has 2 rings (SSSR count). The second-order valence-electron chi connectivity index (χ2n) is 5.68. The van der Waals surface area contributed by atoms with Crippen LogP contribution in [0.25, 0.3) is 0 Å². The van der Waals surface area contributed by atoms with Gasteiger partial charge in [0.25, 0.3) is 5.91 Å². The van der Waals surface area contributed by atoms with Crippen molar-refractivity contribution >= 4 is 23.6 Å². The van der Waals surface area contributed by atoms with Gasteiger partial charge in [-0.1, -0.05) is 25.1 Å². The lowest BCUT2D eigenvalue weighted by molar-refractivity contribution is -0.130. The number of carbonyl (C=O) groups excluding carboxylic acids is 2. The molecule has 0 aromatic heterocycles. The Bertz CT molecular complexity index is 602. The van der Waals surface area contributed by atoms with Gasteiger partial charge >= 0.3 is 6.03 Å². The number of hydrogen-bond donors (Lipinski definition) is 3. The van der Waals surface area contributed by atoms with Crippen molar-refractivity contribution in [3.63, 3.8) is 0 Å². The van der Waals surface area contributed by atoms with E-state index in [2.05, 4.69) is 15.6 Å². The number of nitrogens with zero attached hydrogens (tertiary/aromatic N) is 2. The lowest BCUT2D eigenvalue weighted by atomic mass is 9.99. The third-order valence-electron chi connectivity index (χ3n) is 3.92. The van der Waals surface area contributed by atoms with E-state index in [1.54, 1.807) is 6.92 Å². The van der Waals surface area contributed by atoms with Crippen LogP contribution in [0.3, 0.4) is 0 Å². The van der Waals surface area contributed by atoms with E-state index in [9.17, 15) is 9.59 Å². The smallest absolute Gasteiger partial charge is 0.325 e. The molecule has 1 aromatic rings. The summed E-state index contributed by atoms with van der Waals surface area (Å²) >= 11 is 0. The van der Waals surface area contributed by atoms with E-state index in [1.807, 2.05) is 37.3 Å². The Balaban J connectivity index is 1.80. The van der Waals surface area contributed by atoms with Crippen LogP contribution in [0.15, 0.2) is 35.3 Å². The number of imide groups is 1. The molecule has 0 saturated carbocycles. The lowest BCUT2D eigenvalue weighted by Crippen LogP contribution is -2.43. The molecule has 0 bridgehead atoms. The summed E-state index contributed by atoms with van der Waals surface area (Å²) in [5.74, 6) is 0.135. The molecule has 0 radical (unpaired) electrons. The highest BCUT2D eigenvalue weighted by Gasteiger charge is 2.45. The maximum atomic E-state index is 12.2. The van der Waals surface area contributed by atoms with Crippen molar-refractivity contribution in [2.75, 3.05) is 18.4 Å². The number of aliphatic imine (C=N–C) groups is 1. The fraction of sp³-hybridized carbons (Fsp3) is 0.438. The quantitative estimate of drug-likeness (QED) is 0.320. The van der Waals surface area contributed by atoms with Gasteiger partial charge in [0.05, 0.1) is 0 Å². The summed E-state index contributed by atoms with van der Waals surface area (Å²) in [6, 6.07) is 9.16. The van der Waals surface area contributed by atoms with Gasteiger partial charge in [0.2, 0.25) is 0 Å². The van der Waals surface area contributed by atoms with Crippen molar-refractivity contribution in [1.29, 1.82) is 0 Å². The normalized spacial score (nSPS) is 21.5. The van der Waals surface area contributed by atoms with Gasteiger partial charge in [-0.15, -0.1) is 0 Å². The number of hydrogen-bond acceptors (Lipinski definition) is 3. The standard InChI is InChI=1S/C16H23N5O2/c1-3-16(2)13(22)21(15(23)20-16)11-7-10-18-14(17)19-12-8-5-4-6-9-12/h4-6,8-9H,3,7,10-11H2,1-2H3,(H,20,23)(H3,17,18,19). The first-order valence-electron chi connectivity index (χ1n) is 7.72. The summed E-state index contributed by atoms with van der Waals surface area (Å²) in [5.41, 5.74) is 5.88.